The van der Waals surface area contributed by atoms with Gasteiger partial charge in [-0.2, -0.15) is 0 Å². The summed E-state index contributed by atoms with van der Waals surface area (Å²) in [7, 11) is 0. The fraction of sp³-hybridized carbons (Fsp3) is 0.450. The second-order valence-electron chi connectivity index (χ2n) is 7.26. The summed E-state index contributed by atoms with van der Waals surface area (Å²) in [6.07, 6.45) is 4.03. The van der Waals surface area contributed by atoms with E-state index in [-0.39, 0.29) is 6.09 Å². The van der Waals surface area contributed by atoms with Gasteiger partial charge in [-0.15, -0.1) is 22.7 Å². The van der Waals surface area contributed by atoms with Crippen molar-refractivity contribution in [1.82, 2.24) is 14.9 Å². The predicted octanol–water partition coefficient (Wildman–Crippen LogP) is 5.32. The van der Waals surface area contributed by atoms with Gasteiger partial charge in [0.2, 0.25) is 0 Å². The van der Waals surface area contributed by atoms with Crippen molar-refractivity contribution in [3.8, 4) is 10.6 Å². The van der Waals surface area contributed by atoms with Gasteiger partial charge in [0, 0.05) is 23.2 Å². The van der Waals surface area contributed by atoms with Crippen molar-refractivity contribution < 1.29 is 9.53 Å². The third kappa shape index (κ3) is 4.12. The SMILES string of the molecule is CC.CC(C)(C)OC(=O)N1CCc2c(sc(N)c2-c2nc3cnccc3s2)C1. The number of hydrogen-bond acceptors (Lipinski definition) is 7. The fourth-order valence-electron chi connectivity index (χ4n) is 3.03. The average Bonchev–Trinajstić information content (AvgIpc) is 3.20. The first-order valence-electron chi connectivity index (χ1n) is 9.41. The number of carbonyl (C=O) groups excluding carboxylic acids is 1. The summed E-state index contributed by atoms with van der Waals surface area (Å²) >= 11 is 3.17. The number of fused-ring (bicyclic) bond motifs is 2. The van der Waals surface area contributed by atoms with Crippen LogP contribution >= 0.6 is 22.7 Å². The van der Waals surface area contributed by atoms with Gasteiger partial charge in [0.05, 0.1) is 22.4 Å². The van der Waals surface area contributed by atoms with E-state index in [1.807, 2.05) is 40.7 Å². The van der Waals surface area contributed by atoms with E-state index < -0.39 is 5.60 Å². The lowest BCUT2D eigenvalue weighted by atomic mass is 10.0. The van der Waals surface area contributed by atoms with Crippen LogP contribution in [0.4, 0.5) is 9.80 Å². The molecule has 28 heavy (non-hydrogen) atoms. The van der Waals surface area contributed by atoms with Gasteiger partial charge in [-0.3, -0.25) is 4.98 Å². The number of ether oxygens (including phenoxy) is 1. The van der Waals surface area contributed by atoms with Gasteiger partial charge in [0.1, 0.15) is 16.1 Å². The van der Waals surface area contributed by atoms with Crippen molar-refractivity contribution in [1.29, 1.82) is 0 Å². The van der Waals surface area contributed by atoms with Crippen LogP contribution in [0.5, 0.6) is 0 Å². The van der Waals surface area contributed by atoms with E-state index in [4.69, 9.17) is 15.5 Å². The van der Waals surface area contributed by atoms with E-state index in [9.17, 15) is 4.79 Å². The molecule has 0 radical (unpaired) electrons. The molecule has 0 saturated carbocycles. The highest BCUT2D eigenvalue weighted by Gasteiger charge is 2.30. The number of nitrogens with zero attached hydrogens (tertiary/aromatic N) is 3. The number of amides is 1. The predicted molar refractivity (Wildman–Crippen MR) is 117 cm³/mol. The third-order valence-corrected chi connectivity index (χ3v) is 6.24. The maximum absolute atomic E-state index is 12.4. The second kappa shape index (κ2) is 8.05. The third-order valence-electron chi connectivity index (χ3n) is 4.14. The summed E-state index contributed by atoms with van der Waals surface area (Å²) in [5.41, 5.74) is 8.96. The van der Waals surface area contributed by atoms with Crippen molar-refractivity contribution in [2.45, 2.75) is 53.2 Å². The van der Waals surface area contributed by atoms with Crippen molar-refractivity contribution in [3.05, 3.63) is 28.9 Å². The smallest absolute Gasteiger partial charge is 0.410 e. The molecule has 4 heterocycles. The number of rotatable bonds is 1. The number of thiophene rings is 1. The molecule has 2 N–H and O–H groups in total. The molecule has 1 aliphatic rings. The van der Waals surface area contributed by atoms with E-state index in [1.165, 1.54) is 5.56 Å². The topological polar surface area (TPSA) is 81.3 Å². The van der Waals surface area contributed by atoms with Crippen molar-refractivity contribution in [3.63, 3.8) is 0 Å². The Bertz CT molecular complexity index is 955. The number of pyridine rings is 1. The van der Waals surface area contributed by atoms with Gasteiger partial charge < -0.3 is 15.4 Å². The fourth-order valence-corrected chi connectivity index (χ4v) is 5.25. The molecule has 0 atom stereocenters. The molecular weight excluding hydrogens is 392 g/mol. The number of thiazole rings is 1. The molecule has 150 valence electrons. The molecule has 8 heteroatoms. The highest BCUT2D eigenvalue weighted by molar-refractivity contribution is 7.22. The Labute approximate surface area is 173 Å². The van der Waals surface area contributed by atoms with E-state index in [2.05, 4.69) is 4.98 Å². The van der Waals surface area contributed by atoms with E-state index in [1.54, 1.807) is 40.0 Å². The highest BCUT2D eigenvalue weighted by Crippen LogP contribution is 2.44. The van der Waals surface area contributed by atoms with E-state index >= 15 is 0 Å². The Morgan fingerprint density at radius 2 is 2.04 bits per heavy atom. The minimum Gasteiger partial charge on any atom is -0.444 e. The van der Waals surface area contributed by atoms with Crippen molar-refractivity contribution >= 4 is 44.0 Å². The molecule has 0 bridgehead atoms. The maximum atomic E-state index is 12.4. The molecule has 3 aromatic heterocycles. The molecule has 1 aliphatic heterocycles. The van der Waals surface area contributed by atoms with Crippen LogP contribution in [0.15, 0.2) is 18.5 Å². The number of nitrogen functional groups attached to an aromatic ring is 1. The minimum absolute atomic E-state index is 0.275. The standard InChI is InChI=1S/C18H20N4O2S2.C2H6/c1-18(2,3)24-17(23)22-7-5-10-13(9-22)25-15(19)14(10)16-21-11-8-20-6-4-12(11)26-16;1-2/h4,6,8H,5,7,9,19H2,1-3H3;1-2H3. The zero-order valence-electron chi connectivity index (χ0n) is 16.9. The largest absolute Gasteiger partial charge is 0.444 e. The number of anilines is 1. The molecule has 0 aliphatic carbocycles. The lowest BCUT2D eigenvalue weighted by molar-refractivity contribution is 0.0227. The molecule has 1 amide bonds. The molecule has 0 aromatic carbocycles. The first-order valence-corrected chi connectivity index (χ1v) is 11.0. The zero-order chi connectivity index (χ0) is 20.5. The zero-order valence-corrected chi connectivity index (χ0v) is 18.5. The van der Waals surface area contributed by atoms with Crippen molar-refractivity contribution in [2.75, 3.05) is 12.3 Å². The number of nitrogens with two attached hydrogens (primary N) is 1. The minimum atomic E-state index is -0.494. The Kier molecular flexibility index (Phi) is 5.90. The summed E-state index contributed by atoms with van der Waals surface area (Å²) in [6.45, 7) is 10.8. The average molecular weight is 419 g/mol. The number of carbonyl (C=O) groups is 1. The summed E-state index contributed by atoms with van der Waals surface area (Å²) < 4.78 is 6.59. The highest BCUT2D eigenvalue weighted by atomic mass is 32.1. The summed E-state index contributed by atoms with van der Waals surface area (Å²) in [6, 6.07) is 1.97. The van der Waals surface area contributed by atoms with Crippen LogP contribution < -0.4 is 5.73 Å². The molecule has 6 nitrogen and oxygen atoms in total. The lowest BCUT2D eigenvalue weighted by Crippen LogP contribution is -2.39. The summed E-state index contributed by atoms with van der Waals surface area (Å²) in [5, 5.41) is 1.68. The van der Waals surface area contributed by atoms with Crippen molar-refractivity contribution in [2.24, 2.45) is 0 Å². The molecule has 0 spiro atoms. The van der Waals surface area contributed by atoms with Crippen LogP contribution in [0.2, 0.25) is 0 Å². The van der Waals surface area contributed by atoms with Gasteiger partial charge in [0.25, 0.3) is 0 Å². The normalized spacial score (nSPS) is 13.7. The van der Waals surface area contributed by atoms with Crippen LogP contribution in [0.25, 0.3) is 20.8 Å². The van der Waals surface area contributed by atoms with Crippen LogP contribution in [-0.4, -0.2) is 33.1 Å². The quantitative estimate of drug-likeness (QED) is 0.578. The van der Waals surface area contributed by atoms with Crippen LogP contribution in [-0.2, 0) is 17.7 Å². The summed E-state index contributed by atoms with van der Waals surface area (Å²) in [4.78, 5) is 24.1. The molecular formula is C20H26N4O2S2. The maximum Gasteiger partial charge on any atom is 0.410 e. The van der Waals surface area contributed by atoms with Crippen LogP contribution in [0.1, 0.15) is 45.1 Å². The van der Waals surface area contributed by atoms with Gasteiger partial charge in [-0.05, 0) is 38.8 Å². The monoisotopic (exact) mass is 418 g/mol. The molecule has 0 fully saturated rings. The van der Waals surface area contributed by atoms with E-state index in [0.29, 0.717) is 13.1 Å². The Morgan fingerprint density at radius 3 is 2.71 bits per heavy atom. The number of hydrogen-bond donors (Lipinski definition) is 1. The lowest BCUT2D eigenvalue weighted by Gasteiger charge is -2.30. The Morgan fingerprint density at radius 1 is 1.29 bits per heavy atom. The molecule has 4 rings (SSSR count). The molecule has 3 aromatic rings. The second-order valence-corrected chi connectivity index (χ2v) is 9.42. The van der Waals surface area contributed by atoms with Gasteiger partial charge in [-0.1, -0.05) is 13.8 Å². The van der Waals surface area contributed by atoms with Gasteiger partial charge in [0.15, 0.2) is 0 Å². The van der Waals surface area contributed by atoms with Gasteiger partial charge in [-0.25, -0.2) is 9.78 Å². The first kappa shape index (κ1) is 20.5. The first-order chi connectivity index (χ1) is 13.3. The van der Waals surface area contributed by atoms with Crippen LogP contribution in [0.3, 0.4) is 0 Å². The van der Waals surface area contributed by atoms with E-state index in [0.717, 1.165) is 37.1 Å². The number of aromatic nitrogens is 2. The van der Waals surface area contributed by atoms with Gasteiger partial charge >= 0.3 is 6.09 Å². The van der Waals surface area contributed by atoms with Crippen LogP contribution in [0, 0.1) is 0 Å². The molecule has 0 unspecified atom stereocenters. The summed E-state index contributed by atoms with van der Waals surface area (Å²) in [5.74, 6) is 0. The Balaban J connectivity index is 0.00000109. The molecule has 0 saturated heterocycles. The Hall–Kier alpha value is -2.19.